The monoisotopic (exact) mass is 251 g/mol. The maximum atomic E-state index is 9.19. The van der Waals surface area contributed by atoms with Gasteiger partial charge in [-0.25, -0.2) is 4.98 Å². The second-order valence-corrected chi connectivity index (χ2v) is 5.32. The minimum Gasteiger partial charge on any atom is -0.392 e. The molecule has 1 aromatic rings. The summed E-state index contributed by atoms with van der Waals surface area (Å²) in [6.07, 6.45) is 1.77. The van der Waals surface area contributed by atoms with E-state index in [-0.39, 0.29) is 6.61 Å². The molecule has 0 aliphatic carbocycles. The van der Waals surface area contributed by atoms with Gasteiger partial charge < -0.3 is 14.9 Å². The molecule has 1 heterocycles. The Bertz CT molecular complexity index is 353. The van der Waals surface area contributed by atoms with Gasteiger partial charge in [-0.1, -0.05) is 13.8 Å². The van der Waals surface area contributed by atoms with Crippen molar-refractivity contribution in [2.24, 2.45) is 5.92 Å². The lowest BCUT2D eigenvalue weighted by atomic mass is 10.2. The topological polar surface area (TPSA) is 39.6 Å². The first-order chi connectivity index (χ1) is 8.52. The lowest BCUT2D eigenvalue weighted by molar-refractivity contribution is 0.281. The summed E-state index contributed by atoms with van der Waals surface area (Å²) in [6.45, 7) is 7.41. The molecular weight excluding hydrogens is 226 g/mol. The van der Waals surface area contributed by atoms with E-state index in [2.05, 4.69) is 42.7 Å². The van der Waals surface area contributed by atoms with Gasteiger partial charge in [0.15, 0.2) is 0 Å². The molecule has 4 heteroatoms. The molecule has 0 spiro atoms. The molecule has 0 saturated carbocycles. The van der Waals surface area contributed by atoms with Crippen molar-refractivity contribution in [2.75, 3.05) is 38.6 Å². The van der Waals surface area contributed by atoms with E-state index >= 15 is 0 Å². The normalized spacial score (nSPS) is 11.3. The first-order valence-electron chi connectivity index (χ1n) is 6.48. The molecule has 0 unspecified atom stereocenters. The molecule has 1 aromatic heterocycles. The Hall–Kier alpha value is -1.13. The average molecular weight is 251 g/mol. The van der Waals surface area contributed by atoms with Gasteiger partial charge in [0.1, 0.15) is 5.82 Å². The summed E-state index contributed by atoms with van der Waals surface area (Å²) in [5.41, 5.74) is 0.915. The molecule has 0 aliphatic rings. The summed E-state index contributed by atoms with van der Waals surface area (Å²) in [5, 5.41) is 9.19. The molecule has 4 nitrogen and oxygen atoms in total. The summed E-state index contributed by atoms with van der Waals surface area (Å²) in [5.74, 6) is 1.55. The third-order valence-corrected chi connectivity index (χ3v) is 2.72. The fraction of sp³-hybridized carbons (Fsp3) is 0.643. The van der Waals surface area contributed by atoms with E-state index in [1.165, 1.54) is 0 Å². The Kier molecular flexibility index (Phi) is 6.09. The number of hydrogen-bond acceptors (Lipinski definition) is 4. The second-order valence-electron chi connectivity index (χ2n) is 5.32. The van der Waals surface area contributed by atoms with Crippen LogP contribution in [-0.2, 0) is 6.61 Å². The number of likely N-dealkylation sites (N-methyl/N-ethyl adjacent to an activating group) is 1. The van der Waals surface area contributed by atoms with E-state index in [1.807, 2.05) is 12.1 Å². The van der Waals surface area contributed by atoms with Gasteiger partial charge in [-0.2, -0.15) is 0 Å². The summed E-state index contributed by atoms with van der Waals surface area (Å²) < 4.78 is 0. The van der Waals surface area contributed by atoms with Crippen molar-refractivity contribution < 1.29 is 5.11 Å². The van der Waals surface area contributed by atoms with E-state index < -0.39 is 0 Å². The molecule has 102 valence electrons. The van der Waals surface area contributed by atoms with Gasteiger partial charge in [0.2, 0.25) is 0 Å². The van der Waals surface area contributed by atoms with Crippen LogP contribution < -0.4 is 4.90 Å². The van der Waals surface area contributed by atoms with Crippen LogP contribution in [0.5, 0.6) is 0 Å². The van der Waals surface area contributed by atoms with Crippen LogP contribution in [0.2, 0.25) is 0 Å². The minimum absolute atomic E-state index is 0.0682. The van der Waals surface area contributed by atoms with E-state index in [9.17, 15) is 5.11 Å². The number of nitrogens with zero attached hydrogens (tertiary/aromatic N) is 3. The zero-order valence-electron chi connectivity index (χ0n) is 11.9. The molecule has 0 amide bonds. The van der Waals surface area contributed by atoms with E-state index in [4.69, 9.17) is 0 Å². The van der Waals surface area contributed by atoms with Crippen LogP contribution in [0.1, 0.15) is 19.4 Å². The average Bonchev–Trinajstić information content (AvgIpc) is 2.34. The summed E-state index contributed by atoms with van der Waals surface area (Å²) in [4.78, 5) is 8.87. The quantitative estimate of drug-likeness (QED) is 0.799. The highest BCUT2D eigenvalue weighted by molar-refractivity contribution is 5.40. The highest BCUT2D eigenvalue weighted by Gasteiger charge is 2.10. The third kappa shape index (κ3) is 5.02. The van der Waals surface area contributed by atoms with Crippen molar-refractivity contribution in [3.05, 3.63) is 23.9 Å². The first-order valence-corrected chi connectivity index (χ1v) is 6.48. The van der Waals surface area contributed by atoms with Gasteiger partial charge in [-0.3, -0.25) is 0 Å². The molecule has 0 saturated heterocycles. The van der Waals surface area contributed by atoms with Crippen LogP contribution in [-0.4, -0.2) is 48.7 Å². The van der Waals surface area contributed by atoms with Crippen molar-refractivity contribution in [1.82, 2.24) is 9.88 Å². The standard InChI is InChI=1S/C14H25N3O/c1-12(2)10-17(8-7-16(3)4)14-9-13(11-18)5-6-15-14/h5-6,9,12,18H,7-8,10-11H2,1-4H3. The van der Waals surface area contributed by atoms with Crippen LogP contribution in [0.25, 0.3) is 0 Å². The van der Waals surface area contributed by atoms with Crippen LogP contribution in [0, 0.1) is 5.92 Å². The number of pyridine rings is 1. The molecular formula is C14H25N3O. The van der Waals surface area contributed by atoms with Crippen molar-refractivity contribution in [1.29, 1.82) is 0 Å². The molecule has 0 fully saturated rings. The highest BCUT2D eigenvalue weighted by atomic mass is 16.3. The maximum Gasteiger partial charge on any atom is 0.128 e. The predicted molar refractivity (Wildman–Crippen MR) is 75.8 cm³/mol. The maximum absolute atomic E-state index is 9.19. The van der Waals surface area contributed by atoms with Gasteiger partial charge in [0.25, 0.3) is 0 Å². The van der Waals surface area contributed by atoms with Crippen LogP contribution in [0.4, 0.5) is 5.82 Å². The van der Waals surface area contributed by atoms with Crippen molar-refractivity contribution in [3.63, 3.8) is 0 Å². The van der Waals surface area contributed by atoms with Crippen LogP contribution in [0.15, 0.2) is 18.3 Å². The minimum atomic E-state index is 0.0682. The number of anilines is 1. The third-order valence-electron chi connectivity index (χ3n) is 2.72. The Morgan fingerprint density at radius 2 is 2.00 bits per heavy atom. The van der Waals surface area contributed by atoms with Gasteiger partial charge in [-0.05, 0) is 37.7 Å². The Balaban J connectivity index is 2.79. The van der Waals surface area contributed by atoms with Gasteiger partial charge in [0, 0.05) is 25.8 Å². The molecule has 0 atom stereocenters. The SMILES string of the molecule is CC(C)CN(CCN(C)C)c1cc(CO)ccn1. The summed E-state index contributed by atoms with van der Waals surface area (Å²) >= 11 is 0. The lowest BCUT2D eigenvalue weighted by Gasteiger charge is -2.27. The predicted octanol–water partition coefficient (Wildman–Crippen LogP) is 1.60. The zero-order chi connectivity index (χ0) is 13.5. The highest BCUT2D eigenvalue weighted by Crippen LogP contribution is 2.14. The van der Waals surface area contributed by atoms with Gasteiger partial charge in [0.05, 0.1) is 6.61 Å². The first kappa shape index (κ1) is 14.9. The fourth-order valence-corrected chi connectivity index (χ4v) is 1.79. The number of rotatable bonds is 7. The molecule has 0 aromatic carbocycles. The Morgan fingerprint density at radius 1 is 1.28 bits per heavy atom. The molecule has 0 aliphatic heterocycles. The molecule has 0 bridgehead atoms. The van der Waals surface area contributed by atoms with Crippen LogP contribution >= 0.6 is 0 Å². The second kappa shape index (κ2) is 7.34. The molecule has 1 N–H and O–H groups in total. The van der Waals surface area contributed by atoms with Gasteiger partial charge >= 0.3 is 0 Å². The zero-order valence-corrected chi connectivity index (χ0v) is 11.9. The Labute approximate surface area is 110 Å². The van der Waals surface area contributed by atoms with Crippen molar-refractivity contribution >= 4 is 5.82 Å². The lowest BCUT2D eigenvalue weighted by Crippen LogP contribution is -2.35. The number of aliphatic hydroxyl groups is 1. The fourth-order valence-electron chi connectivity index (χ4n) is 1.79. The van der Waals surface area contributed by atoms with E-state index in [0.717, 1.165) is 31.0 Å². The van der Waals surface area contributed by atoms with Gasteiger partial charge in [-0.15, -0.1) is 0 Å². The number of aliphatic hydroxyl groups excluding tert-OH is 1. The van der Waals surface area contributed by atoms with E-state index in [1.54, 1.807) is 6.20 Å². The van der Waals surface area contributed by atoms with Crippen molar-refractivity contribution in [3.8, 4) is 0 Å². The van der Waals surface area contributed by atoms with Crippen molar-refractivity contribution in [2.45, 2.75) is 20.5 Å². The number of aromatic nitrogens is 1. The summed E-state index contributed by atoms with van der Waals surface area (Å²) in [7, 11) is 4.15. The largest absolute Gasteiger partial charge is 0.392 e. The summed E-state index contributed by atoms with van der Waals surface area (Å²) in [6, 6.07) is 3.82. The Morgan fingerprint density at radius 3 is 2.56 bits per heavy atom. The molecule has 18 heavy (non-hydrogen) atoms. The number of hydrogen-bond donors (Lipinski definition) is 1. The van der Waals surface area contributed by atoms with E-state index in [0.29, 0.717) is 5.92 Å². The van der Waals surface area contributed by atoms with Crippen LogP contribution in [0.3, 0.4) is 0 Å². The molecule has 1 rings (SSSR count). The smallest absolute Gasteiger partial charge is 0.128 e. The molecule has 0 radical (unpaired) electrons.